The first-order valence-electron chi connectivity index (χ1n) is 6.48. The van der Waals surface area contributed by atoms with Crippen LogP contribution in [0.5, 0.6) is 0 Å². The van der Waals surface area contributed by atoms with E-state index in [1.54, 1.807) is 30.0 Å². The van der Waals surface area contributed by atoms with E-state index in [2.05, 4.69) is 4.90 Å². The van der Waals surface area contributed by atoms with Crippen LogP contribution in [0.1, 0.15) is 18.6 Å². The summed E-state index contributed by atoms with van der Waals surface area (Å²) in [6.07, 6.45) is -0.829. The third kappa shape index (κ3) is 3.52. The van der Waals surface area contributed by atoms with Crippen LogP contribution in [-0.2, 0) is 4.79 Å². The Morgan fingerprint density at radius 1 is 1.32 bits per heavy atom. The molecule has 1 atom stereocenters. The summed E-state index contributed by atoms with van der Waals surface area (Å²) in [6, 6.07) is 6.28. The minimum atomic E-state index is -0.829. The Balaban J connectivity index is 1.89. The van der Waals surface area contributed by atoms with Crippen LogP contribution in [0.2, 0.25) is 0 Å². The summed E-state index contributed by atoms with van der Waals surface area (Å²) in [5, 5.41) is 10.1. The number of aliphatic hydroxyl groups excluding tert-OH is 1. The van der Waals surface area contributed by atoms with Crippen molar-refractivity contribution in [3.8, 4) is 0 Å². The van der Waals surface area contributed by atoms with Crippen molar-refractivity contribution in [2.75, 3.05) is 32.7 Å². The van der Waals surface area contributed by atoms with Crippen LogP contribution in [0.3, 0.4) is 0 Å². The summed E-state index contributed by atoms with van der Waals surface area (Å²) < 4.78 is 13.5. The highest BCUT2D eigenvalue weighted by atomic mass is 19.1. The number of hydrogen-bond acceptors (Lipinski definition) is 3. The molecule has 2 rings (SSSR count). The molecule has 0 radical (unpaired) electrons. The van der Waals surface area contributed by atoms with Gasteiger partial charge in [-0.3, -0.25) is 9.69 Å². The molecule has 1 N–H and O–H groups in total. The molecule has 0 bridgehead atoms. The fraction of sp³-hybridized carbons (Fsp3) is 0.500. The van der Waals surface area contributed by atoms with Gasteiger partial charge in [-0.1, -0.05) is 18.2 Å². The van der Waals surface area contributed by atoms with Gasteiger partial charge in [0.2, 0.25) is 5.91 Å². The normalized spacial score (nSPS) is 18.4. The van der Waals surface area contributed by atoms with E-state index in [-0.39, 0.29) is 11.7 Å². The Labute approximate surface area is 112 Å². The number of nitrogens with zero attached hydrogens (tertiary/aromatic N) is 2. The molecule has 0 saturated carbocycles. The largest absolute Gasteiger partial charge is 0.387 e. The smallest absolute Gasteiger partial charge is 0.219 e. The van der Waals surface area contributed by atoms with E-state index in [0.29, 0.717) is 38.3 Å². The van der Waals surface area contributed by atoms with E-state index >= 15 is 0 Å². The first kappa shape index (κ1) is 14.0. The quantitative estimate of drug-likeness (QED) is 0.888. The van der Waals surface area contributed by atoms with Crippen molar-refractivity contribution >= 4 is 5.91 Å². The Morgan fingerprint density at radius 3 is 2.53 bits per heavy atom. The van der Waals surface area contributed by atoms with Gasteiger partial charge >= 0.3 is 0 Å². The van der Waals surface area contributed by atoms with Crippen LogP contribution in [0.25, 0.3) is 0 Å². The minimum absolute atomic E-state index is 0.0781. The Kier molecular flexibility index (Phi) is 4.50. The van der Waals surface area contributed by atoms with Gasteiger partial charge in [-0.15, -0.1) is 0 Å². The van der Waals surface area contributed by atoms with E-state index in [9.17, 15) is 14.3 Å². The molecule has 0 spiro atoms. The maximum atomic E-state index is 13.5. The van der Waals surface area contributed by atoms with Gasteiger partial charge in [0, 0.05) is 45.2 Å². The first-order valence-corrected chi connectivity index (χ1v) is 6.48. The number of aliphatic hydroxyl groups is 1. The molecule has 4 nitrogen and oxygen atoms in total. The Hall–Kier alpha value is -1.46. The number of halogens is 1. The monoisotopic (exact) mass is 266 g/mol. The zero-order valence-corrected chi connectivity index (χ0v) is 11.1. The van der Waals surface area contributed by atoms with Gasteiger partial charge in [-0.2, -0.15) is 0 Å². The highest BCUT2D eigenvalue weighted by Gasteiger charge is 2.22. The third-order valence-electron chi connectivity index (χ3n) is 3.51. The molecule has 1 fully saturated rings. The fourth-order valence-electron chi connectivity index (χ4n) is 2.33. The standard InChI is InChI=1S/C14H19FN2O2/c1-11(18)17-8-6-16(7-9-17)10-14(19)12-4-2-3-5-13(12)15/h2-5,14,19H,6-10H2,1H3/t14-/m1/s1. The molecule has 104 valence electrons. The van der Waals surface area contributed by atoms with Crippen LogP contribution in [-0.4, -0.2) is 53.5 Å². The van der Waals surface area contributed by atoms with Crippen LogP contribution in [0.15, 0.2) is 24.3 Å². The maximum Gasteiger partial charge on any atom is 0.219 e. The zero-order valence-electron chi connectivity index (χ0n) is 11.1. The summed E-state index contributed by atoms with van der Waals surface area (Å²) >= 11 is 0. The molecule has 0 aliphatic carbocycles. The number of benzene rings is 1. The summed E-state index contributed by atoms with van der Waals surface area (Å²) in [5.74, 6) is -0.299. The molecule has 19 heavy (non-hydrogen) atoms. The molecule has 0 unspecified atom stereocenters. The lowest BCUT2D eigenvalue weighted by Gasteiger charge is -2.35. The van der Waals surface area contributed by atoms with E-state index < -0.39 is 6.10 Å². The SMILES string of the molecule is CC(=O)N1CCN(C[C@@H](O)c2ccccc2F)CC1. The average molecular weight is 266 g/mol. The molecule has 1 aromatic rings. The predicted octanol–water partition coefficient (Wildman–Crippen LogP) is 1.02. The topological polar surface area (TPSA) is 43.8 Å². The molecule has 1 aliphatic rings. The summed E-state index contributed by atoms with van der Waals surface area (Å²) in [7, 11) is 0. The lowest BCUT2D eigenvalue weighted by molar-refractivity contribution is -0.130. The van der Waals surface area contributed by atoms with Gasteiger partial charge in [0.1, 0.15) is 5.82 Å². The Morgan fingerprint density at radius 2 is 1.95 bits per heavy atom. The minimum Gasteiger partial charge on any atom is -0.387 e. The molecule has 1 amide bonds. The number of β-amino-alcohol motifs (C(OH)–C–C–N with tert-alkyl or cyclic N) is 1. The highest BCUT2D eigenvalue weighted by molar-refractivity contribution is 5.73. The van der Waals surface area contributed by atoms with Crippen molar-refractivity contribution in [3.05, 3.63) is 35.6 Å². The van der Waals surface area contributed by atoms with Crippen LogP contribution >= 0.6 is 0 Å². The lowest BCUT2D eigenvalue weighted by atomic mass is 10.1. The first-order chi connectivity index (χ1) is 9.08. The molecule has 1 heterocycles. The van der Waals surface area contributed by atoms with Crippen molar-refractivity contribution < 1.29 is 14.3 Å². The molecule has 1 saturated heterocycles. The molecular formula is C14H19FN2O2. The third-order valence-corrected chi connectivity index (χ3v) is 3.51. The molecule has 5 heteroatoms. The fourth-order valence-corrected chi connectivity index (χ4v) is 2.33. The molecule has 0 aromatic heterocycles. The lowest BCUT2D eigenvalue weighted by Crippen LogP contribution is -2.49. The van der Waals surface area contributed by atoms with Gasteiger partial charge in [-0.05, 0) is 6.07 Å². The van der Waals surface area contributed by atoms with Crippen molar-refractivity contribution in [2.24, 2.45) is 0 Å². The second-order valence-corrected chi connectivity index (χ2v) is 4.84. The van der Waals surface area contributed by atoms with E-state index in [1.165, 1.54) is 6.07 Å². The van der Waals surface area contributed by atoms with Crippen molar-refractivity contribution in [1.29, 1.82) is 0 Å². The highest BCUT2D eigenvalue weighted by Crippen LogP contribution is 2.18. The van der Waals surface area contributed by atoms with Gasteiger partial charge in [0.25, 0.3) is 0 Å². The number of hydrogen-bond donors (Lipinski definition) is 1. The Bertz CT molecular complexity index is 445. The van der Waals surface area contributed by atoms with E-state index in [0.717, 1.165) is 0 Å². The van der Waals surface area contributed by atoms with Crippen molar-refractivity contribution in [3.63, 3.8) is 0 Å². The van der Waals surface area contributed by atoms with Gasteiger partial charge in [-0.25, -0.2) is 4.39 Å². The molecular weight excluding hydrogens is 247 g/mol. The molecule has 1 aromatic carbocycles. The molecule has 1 aliphatic heterocycles. The van der Waals surface area contributed by atoms with Gasteiger partial charge < -0.3 is 10.0 Å². The number of rotatable bonds is 3. The second kappa shape index (κ2) is 6.12. The predicted molar refractivity (Wildman–Crippen MR) is 70.1 cm³/mol. The number of carbonyl (C=O) groups is 1. The van der Waals surface area contributed by atoms with Gasteiger partial charge in [0.15, 0.2) is 0 Å². The van der Waals surface area contributed by atoms with Crippen LogP contribution in [0.4, 0.5) is 4.39 Å². The van der Waals surface area contributed by atoms with Crippen molar-refractivity contribution in [1.82, 2.24) is 9.80 Å². The second-order valence-electron chi connectivity index (χ2n) is 4.84. The van der Waals surface area contributed by atoms with Crippen LogP contribution < -0.4 is 0 Å². The summed E-state index contributed by atoms with van der Waals surface area (Å²) in [6.45, 7) is 4.71. The maximum absolute atomic E-state index is 13.5. The van der Waals surface area contributed by atoms with Crippen molar-refractivity contribution in [2.45, 2.75) is 13.0 Å². The zero-order chi connectivity index (χ0) is 13.8. The van der Waals surface area contributed by atoms with E-state index in [1.807, 2.05) is 0 Å². The number of piperazine rings is 1. The number of amides is 1. The summed E-state index contributed by atoms with van der Waals surface area (Å²) in [4.78, 5) is 15.0. The van der Waals surface area contributed by atoms with Gasteiger partial charge in [0.05, 0.1) is 6.10 Å². The number of carbonyl (C=O) groups excluding carboxylic acids is 1. The summed E-state index contributed by atoms with van der Waals surface area (Å²) in [5.41, 5.74) is 0.330. The van der Waals surface area contributed by atoms with E-state index in [4.69, 9.17) is 0 Å². The average Bonchev–Trinajstić information content (AvgIpc) is 2.39. The van der Waals surface area contributed by atoms with Crippen LogP contribution in [0, 0.1) is 5.82 Å².